The lowest BCUT2D eigenvalue weighted by atomic mass is 9.93. The minimum Gasteiger partial charge on any atom is -0.341 e. The zero-order valence-corrected chi connectivity index (χ0v) is 20.4. The van der Waals surface area contributed by atoms with E-state index in [-0.39, 0.29) is 9.99 Å². The van der Waals surface area contributed by atoms with Gasteiger partial charge in [0.1, 0.15) is 5.82 Å². The van der Waals surface area contributed by atoms with Crippen LogP contribution in [0.2, 0.25) is 0 Å². The average Bonchev–Trinajstić information content (AvgIpc) is 3.46. The zero-order chi connectivity index (χ0) is 23.8. The molecule has 34 heavy (non-hydrogen) atoms. The summed E-state index contributed by atoms with van der Waals surface area (Å²) in [7, 11) is 0. The molecule has 8 heteroatoms. The van der Waals surface area contributed by atoms with Crippen LogP contribution >= 0.6 is 24.2 Å². The van der Waals surface area contributed by atoms with Gasteiger partial charge in [-0.15, -0.1) is 12.6 Å². The fraction of sp³-hybridized carbons (Fsp3) is 0.154. The normalized spacial score (nSPS) is 11.3. The van der Waals surface area contributed by atoms with Crippen LogP contribution < -0.4 is 4.87 Å². The summed E-state index contributed by atoms with van der Waals surface area (Å²) < 4.78 is 4.24. The minimum absolute atomic E-state index is 0.180. The van der Waals surface area contributed by atoms with Gasteiger partial charge < -0.3 is 4.98 Å². The maximum Gasteiger partial charge on any atom is 0.323 e. The summed E-state index contributed by atoms with van der Waals surface area (Å²) in [5.74, 6) is 1.44. The summed E-state index contributed by atoms with van der Waals surface area (Å²) in [5.41, 5.74) is 7.87. The highest BCUT2D eigenvalue weighted by atomic mass is 32.1. The molecule has 0 atom stereocenters. The standard InChI is InChI=1S/C26H22N4O2S2/c1-3-6-21-27-22-14(2)19(13-20(25(31)33)23(22)28-21)16-11-9-15(10-12-16)17-7-4-5-8-18(17)24-29-26(32)34-30-24/h4-5,7-13H,3,6H2,1-2H3,(H,27,28)(H,31,33)(H,29,30,32). The maximum absolute atomic E-state index is 12.3. The number of fused-ring (bicyclic) bond motifs is 1. The molecular formula is C26H22N4O2S2. The van der Waals surface area contributed by atoms with E-state index in [0.29, 0.717) is 11.4 Å². The predicted octanol–water partition coefficient (Wildman–Crippen LogP) is 6.04. The largest absolute Gasteiger partial charge is 0.341 e. The van der Waals surface area contributed by atoms with Crippen molar-refractivity contribution < 1.29 is 4.79 Å². The molecule has 0 bridgehead atoms. The third-order valence-electron chi connectivity index (χ3n) is 5.92. The molecule has 5 aromatic rings. The molecule has 0 aliphatic heterocycles. The van der Waals surface area contributed by atoms with Crippen LogP contribution in [-0.2, 0) is 6.42 Å². The van der Waals surface area contributed by atoms with Crippen LogP contribution in [0.4, 0.5) is 0 Å². The molecular weight excluding hydrogens is 464 g/mol. The maximum atomic E-state index is 12.3. The summed E-state index contributed by atoms with van der Waals surface area (Å²) in [4.78, 5) is 34.6. The monoisotopic (exact) mass is 486 g/mol. The summed E-state index contributed by atoms with van der Waals surface area (Å²) in [6, 6.07) is 17.9. The number of carbonyl (C=O) groups excluding carboxylic acids is 1. The van der Waals surface area contributed by atoms with Crippen LogP contribution in [0.3, 0.4) is 0 Å². The Morgan fingerprint density at radius 1 is 1.00 bits per heavy atom. The van der Waals surface area contributed by atoms with E-state index in [2.05, 4.69) is 33.9 Å². The molecule has 0 amide bonds. The Balaban J connectivity index is 1.60. The Hall–Kier alpha value is -3.49. The molecule has 0 radical (unpaired) electrons. The number of aromatic nitrogens is 4. The van der Waals surface area contributed by atoms with E-state index >= 15 is 0 Å². The average molecular weight is 487 g/mol. The minimum atomic E-state index is -0.291. The lowest BCUT2D eigenvalue weighted by Crippen LogP contribution is -1.96. The van der Waals surface area contributed by atoms with Crippen LogP contribution in [0.1, 0.15) is 35.1 Å². The van der Waals surface area contributed by atoms with E-state index in [4.69, 9.17) is 4.98 Å². The number of imidazole rings is 1. The van der Waals surface area contributed by atoms with Crippen molar-refractivity contribution in [1.29, 1.82) is 0 Å². The number of hydrogen-bond acceptors (Lipinski definition) is 5. The fourth-order valence-corrected chi connectivity index (χ4v) is 4.92. The number of H-pyrrole nitrogens is 2. The predicted molar refractivity (Wildman–Crippen MR) is 141 cm³/mol. The molecule has 5 rings (SSSR count). The molecule has 0 aliphatic rings. The van der Waals surface area contributed by atoms with Gasteiger partial charge in [-0.2, -0.15) is 4.37 Å². The van der Waals surface area contributed by atoms with Gasteiger partial charge in [0, 0.05) is 23.5 Å². The molecule has 0 aliphatic carbocycles. The van der Waals surface area contributed by atoms with Crippen LogP contribution in [0.15, 0.2) is 59.4 Å². The van der Waals surface area contributed by atoms with Gasteiger partial charge in [-0.25, -0.2) is 4.98 Å². The van der Waals surface area contributed by atoms with Gasteiger partial charge in [-0.1, -0.05) is 55.5 Å². The number of nitrogens with one attached hydrogen (secondary N) is 2. The quantitative estimate of drug-likeness (QED) is 0.255. The molecule has 0 saturated heterocycles. The number of rotatable bonds is 6. The van der Waals surface area contributed by atoms with Crippen molar-refractivity contribution in [3.05, 3.63) is 81.2 Å². The van der Waals surface area contributed by atoms with Crippen molar-refractivity contribution in [2.75, 3.05) is 0 Å². The smallest absolute Gasteiger partial charge is 0.323 e. The van der Waals surface area contributed by atoms with Crippen LogP contribution in [0.5, 0.6) is 0 Å². The molecule has 6 nitrogen and oxygen atoms in total. The Morgan fingerprint density at radius 2 is 1.68 bits per heavy atom. The Kier molecular flexibility index (Phi) is 5.93. The van der Waals surface area contributed by atoms with Crippen molar-refractivity contribution in [3.63, 3.8) is 0 Å². The lowest BCUT2D eigenvalue weighted by molar-refractivity contribution is 0.109. The number of carbonyl (C=O) groups is 1. The van der Waals surface area contributed by atoms with Crippen LogP contribution in [-0.4, -0.2) is 24.4 Å². The van der Waals surface area contributed by atoms with Crippen molar-refractivity contribution in [2.45, 2.75) is 26.7 Å². The zero-order valence-electron chi connectivity index (χ0n) is 18.7. The Labute approximate surface area is 205 Å². The van der Waals surface area contributed by atoms with Crippen molar-refractivity contribution >= 4 is 40.3 Å². The summed E-state index contributed by atoms with van der Waals surface area (Å²) in [6.07, 6.45) is 1.79. The highest BCUT2D eigenvalue weighted by Gasteiger charge is 2.18. The highest BCUT2D eigenvalue weighted by molar-refractivity contribution is 7.97. The third-order valence-corrected chi connectivity index (χ3v) is 6.70. The number of aryl methyl sites for hydroxylation is 2. The fourth-order valence-electron chi connectivity index (χ4n) is 4.28. The third kappa shape index (κ3) is 3.99. The van der Waals surface area contributed by atoms with Gasteiger partial charge in [0.25, 0.3) is 0 Å². The van der Waals surface area contributed by atoms with E-state index in [9.17, 15) is 9.59 Å². The first kappa shape index (κ1) is 22.3. The molecule has 0 saturated carbocycles. The van der Waals surface area contributed by atoms with Gasteiger partial charge in [0.05, 0.1) is 16.6 Å². The molecule has 170 valence electrons. The number of benzene rings is 3. The van der Waals surface area contributed by atoms with Crippen molar-refractivity contribution in [3.8, 4) is 33.6 Å². The Morgan fingerprint density at radius 3 is 2.29 bits per heavy atom. The Bertz CT molecular complexity index is 1580. The van der Waals surface area contributed by atoms with Gasteiger partial charge in [0.15, 0.2) is 5.82 Å². The summed E-state index contributed by atoms with van der Waals surface area (Å²) in [6.45, 7) is 4.13. The van der Waals surface area contributed by atoms with Gasteiger partial charge in [-0.05, 0) is 47.2 Å². The second kappa shape index (κ2) is 9.04. The van der Waals surface area contributed by atoms with Crippen molar-refractivity contribution in [1.82, 2.24) is 19.3 Å². The molecule has 2 heterocycles. The molecule has 2 N–H and O–H groups in total. The van der Waals surface area contributed by atoms with E-state index in [1.807, 2.05) is 61.5 Å². The molecule has 2 aromatic heterocycles. The van der Waals surface area contributed by atoms with Gasteiger partial charge in [-0.3, -0.25) is 14.6 Å². The highest BCUT2D eigenvalue weighted by Crippen LogP contribution is 2.35. The number of nitrogens with zero attached hydrogens (tertiary/aromatic N) is 2. The molecule has 0 spiro atoms. The van der Waals surface area contributed by atoms with Gasteiger partial charge >= 0.3 is 4.87 Å². The number of aromatic amines is 2. The first-order valence-electron chi connectivity index (χ1n) is 11.0. The van der Waals surface area contributed by atoms with E-state index < -0.39 is 0 Å². The first-order chi connectivity index (χ1) is 16.5. The second-order valence-corrected chi connectivity index (χ2v) is 9.27. The van der Waals surface area contributed by atoms with E-state index in [0.717, 1.165) is 74.6 Å². The summed E-state index contributed by atoms with van der Waals surface area (Å²) >= 11 is 5.02. The van der Waals surface area contributed by atoms with E-state index in [1.54, 1.807) is 0 Å². The molecule has 0 unspecified atom stereocenters. The lowest BCUT2D eigenvalue weighted by Gasteiger charge is -2.12. The summed E-state index contributed by atoms with van der Waals surface area (Å²) in [5, 5.41) is -0.291. The van der Waals surface area contributed by atoms with Crippen molar-refractivity contribution in [2.24, 2.45) is 0 Å². The molecule has 0 fully saturated rings. The SMILES string of the molecule is CCCc1nc2c(C)c(-c3ccc(-c4ccccc4-c4nsc(=O)[nH]4)cc3)cc(C(=O)S)c2[nH]1. The number of thiol groups is 1. The molecule has 3 aromatic carbocycles. The van der Waals surface area contributed by atoms with Crippen LogP contribution in [0, 0.1) is 6.92 Å². The van der Waals surface area contributed by atoms with E-state index in [1.165, 1.54) is 0 Å². The first-order valence-corrected chi connectivity index (χ1v) is 12.2. The number of hydrogen-bond donors (Lipinski definition) is 3. The second-order valence-electron chi connectivity index (χ2n) is 8.13. The topological polar surface area (TPSA) is 91.5 Å². The van der Waals surface area contributed by atoms with Crippen LogP contribution in [0.25, 0.3) is 44.7 Å². The van der Waals surface area contributed by atoms with Gasteiger partial charge in [0.2, 0.25) is 5.12 Å².